The van der Waals surface area contributed by atoms with Crippen LogP contribution >= 0.6 is 0 Å². The first-order valence-electron chi connectivity index (χ1n) is 9.87. The summed E-state index contributed by atoms with van der Waals surface area (Å²) in [6.07, 6.45) is 3.92. The lowest BCUT2D eigenvalue weighted by Gasteiger charge is -2.52. The van der Waals surface area contributed by atoms with Crippen molar-refractivity contribution < 1.29 is 9.26 Å². The van der Waals surface area contributed by atoms with Gasteiger partial charge in [-0.2, -0.15) is 0 Å². The lowest BCUT2D eigenvalue weighted by atomic mass is 9.57. The molecule has 1 fully saturated rings. The minimum Gasteiger partial charge on any atom is -0.486 e. The van der Waals surface area contributed by atoms with Crippen molar-refractivity contribution in [3.8, 4) is 5.75 Å². The number of aromatic nitrogens is 2. The van der Waals surface area contributed by atoms with Crippen molar-refractivity contribution in [3.63, 3.8) is 0 Å². The maximum Gasteiger partial charge on any atom is 0.174 e. The van der Waals surface area contributed by atoms with Gasteiger partial charge in [0.1, 0.15) is 12.4 Å². The molecule has 1 aromatic carbocycles. The summed E-state index contributed by atoms with van der Waals surface area (Å²) >= 11 is 0. The van der Waals surface area contributed by atoms with Crippen LogP contribution in [0.15, 0.2) is 65.3 Å². The minimum absolute atomic E-state index is 0.217. The number of hydrogen-bond acceptors (Lipinski definition) is 5. The topological polar surface area (TPSA) is 60.2 Å². The van der Waals surface area contributed by atoms with Gasteiger partial charge in [-0.25, -0.2) is 0 Å². The van der Waals surface area contributed by atoms with Gasteiger partial charge in [-0.1, -0.05) is 43.3 Å². The fraction of sp³-hybridized carbons (Fsp3) is 0.391. The monoisotopic (exact) mass is 377 g/mol. The predicted molar refractivity (Wildman–Crippen MR) is 108 cm³/mol. The van der Waals surface area contributed by atoms with E-state index in [1.807, 2.05) is 54.7 Å². The first-order valence-corrected chi connectivity index (χ1v) is 9.87. The molecule has 3 aromatic rings. The van der Waals surface area contributed by atoms with Gasteiger partial charge in [-0.05, 0) is 48.4 Å². The van der Waals surface area contributed by atoms with E-state index in [0.717, 1.165) is 42.3 Å². The van der Waals surface area contributed by atoms with Crippen LogP contribution in [0.25, 0.3) is 0 Å². The van der Waals surface area contributed by atoms with E-state index in [0.29, 0.717) is 18.6 Å². The molecule has 0 radical (unpaired) electrons. The summed E-state index contributed by atoms with van der Waals surface area (Å²) in [4.78, 5) is 4.39. The van der Waals surface area contributed by atoms with Gasteiger partial charge in [-0.15, -0.1) is 0 Å². The summed E-state index contributed by atoms with van der Waals surface area (Å²) in [5.74, 6) is 2.19. The molecule has 1 aliphatic rings. The number of pyridine rings is 1. The average molecular weight is 377 g/mol. The van der Waals surface area contributed by atoms with Crippen LogP contribution in [0.4, 0.5) is 0 Å². The van der Waals surface area contributed by atoms with Crippen LogP contribution in [-0.4, -0.2) is 16.2 Å². The number of ether oxygens (including phenoxy) is 1. The molecule has 0 amide bonds. The zero-order valence-electron chi connectivity index (χ0n) is 16.5. The van der Waals surface area contributed by atoms with Crippen molar-refractivity contribution in [2.24, 2.45) is 11.3 Å². The Bertz CT molecular complexity index is 877. The van der Waals surface area contributed by atoms with Gasteiger partial charge >= 0.3 is 0 Å². The van der Waals surface area contributed by atoms with Gasteiger partial charge < -0.3 is 14.6 Å². The molecule has 2 aromatic heterocycles. The number of rotatable bonds is 8. The standard InChI is InChI=1S/C23H27N3O2/c1-23(2)17(13-22(23)25-15-18-8-6-7-11-24-18)12-19-14-21(28-26-19)16-27-20-9-4-3-5-10-20/h3-11,14,17,22,25H,12-13,15-16H2,1-2H3/t17-,22+/m1/s1. The highest BCUT2D eigenvalue weighted by Gasteiger charge is 2.47. The van der Waals surface area contributed by atoms with Gasteiger partial charge in [0.15, 0.2) is 5.76 Å². The summed E-state index contributed by atoms with van der Waals surface area (Å²) in [7, 11) is 0. The van der Waals surface area contributed by atoms with E-state index in [4.69, 9.17) is 9.26 Å². The Morgan fingerprint density at radius 2 is 1.93 bits per heavy atom. The predicted octanol–water partition coefficient (Wildman–Crippen LogP) is 4.40. The second kappa shape index (κ2) is 8.15. The molecule has 28 heavy (non-hydrogen) atoms. The first kappa shape index (κ1) is 18.7. The fourth-order valence-corrected chi connectivity index (χ4v) is 3.88. The highest BCUT2D eigenvalue weighted by molar-refractivity contribution is 5.21. The molecule has 1 N–H and O–H groups in total. The molecule has 1 saturated carbocycles. The molecule has 5 nitrogen and oxygen atoms in total. The fourth-order valence-electron chi connectivity index (χ4n) is 3.88. The minimum atomic E-state index is 0.217. The van der Waals surface area contributed by atoms with Crippen molar-refractivity contribution in [3.05, 3.63) is 77.9 Å². The second-order valence-electron chi connectivity index (χ2n) is 8.10. The zero-order chi connectivity index (χ0) is 19.4. The third kappa shape index (κ3) is 4.25. The van der Waals surface area contributed by atoms with Crippen molar-refractivity contribution in [2.75, 3.05) is 0 Å². The normalized spacial score (nSPS) is 20.5. The molecule has 0 spiro atoms. The lowest BCUT2D eigenvalue weighted by molar-refractivity contribution is 0.0123. The lowest BCUT2D eigenvalue weighted by Crippen LogP contribution is -2.57. The zero-order valence-corrected chi connectivity index (χ0v) is 16.5. The summed E-state index contributed by atoms with van der Waals surface area (Å²) in [6, 6.07) is 18.3. The Balaban J connectivity index is 1.26. The maximum atomic E-state index is 5.73. The van der Waals surface area contributed by atoms with Crippen LogP contribution < -0.4 is 10.1 Å². The van der Waals surface area contributed by atoms with Crippen molar-refractivity contribution in [1.29, 1.82) is 0 Å². The highest BCUT2D eigenvalue weighted by atomic mass is 16.5. The average Bonchev–Trinajstić information content (AvgIpc) is 3.18. The molecule has 2 heterocycles. The number of hydrogen-bond donors (Lipinski definition) is 1. The largest absolute Gasteiger partial charge is 0.486 e. The Kier molecular flexibility index (Phi) is 5.44. The molecule has 1 aliphatic carbocycles. The van der Waals surface area contributed by atoms with Crippen molar-refractivity contribution in [1.82, 2.24) is 15.5 Å². The quantitative estimate of drug-likeness (QED) is 0.631. The molecule has 146 valence electrons. The Morgan fingerprint density at radius 3 is 2.68 bits per heavy atom. The maximum absolute atomic E-state index is 5.73. The molecule has 4 rings (SSSR count). The summed E-state index contributed by atoms with van der Waals surface area (Å²) in [5.41, 5.74) is 2.31. The molecule has 0 unspecified atom stereocenters. The molecule has 2 atom stereocenters. The summed E-state index contributed by atoms with van der Waals surface area (Å²) in [6.45, 7) is 5.87. The second-order valence-corrected chi connectivity index (χ2v) is 8.10. The summed E-state index contributed by atoms with van der Waals surface area (Å²) in [5, 5.41) is 7.91. The van der Waals surface area contributed by atoms with Gasteiger partial charge in [-0.3, -0.25) is 4.98 Å². The van der Waals surface area contributed by atoms with Crippen LogP contribution in [0.1, 0.15) is 37.4 Å². The van der Waals surface area contributed by atoms with Gasteiger partial charge in [0, 0.05) is 24.8 Å². The smallest absolute Gasteiger partial charge is 0.174 e. The molecule has 0 aliphatic heterocycles. The Morgan fingerprint density at radius 1 is 1.11 bits per heavy atom. The van der Waals surface area contributed by atoms with Crippen LogP contribution in [0.5, 0.6) is 5.75 Å². The molecular formula is C23H27N3O2. The van der Waals surface area contributed by atoms with Crippen LogP contribution in [-0.2, 0) is 19.6 Å². The van der Waals surface area contributed by atoms with Gasteiger partial charge in [0.2, 0.25) is 0 Å². The van der Waals surface area contributed by atoms with E-state index >= 15 is 0 Å². The van der Waals surface area contributed by atoms with Crippen LogP contribution in [0, 0.1) is 11.3 Å². The SMILES string of the molecule is CC1(C)[C@H](Cc2cc(COc3ccccc3)on2)C[C@@H]1NCc1ccccn1. The third-order valence-corrected chi connectivity index (χ3v) is 5.91. The molecule has 5 heteroatoms. The molecule has 0 saturated heterocycles. The number of benzene rings is 1. The first-order chi connectivity index (χ1) is 13.6. The Hall–Kier alpha value is -2.66. The number of nitrogens with zero attached hydrogens (tertiary/aromatic N) is 2. The van der Waals surface area contributed by atoms with Crippen molar-refractivity contribution in [2.45, 2.75) is 45.9 Å². The summed E-state index contributed by atoms with van der Waals surface area (Å²) < 4.78 is 11.2. The van der Waals surface area contributed by atoms with E-state index in [9.17, 15) is 0 Å². The number of para-hydroxylation sites is 1. The van der Waals surface area contributed by atoms with Crippen LogP contribution in [0.3, 0.4) is 0 Å². The van der Waals surface area contributed by atoms with E-state index in [2.05, 4.69) is 35.4 Å². The van der Waals surface area contributed by atoms with Crippen molar-refractivity contribution >= 4 is 0 Å². The van der Waals surface area contributed by atoms with E-state index in [1.165, 1.54) is 0 Å². The van der Waals surface area contributed by atoms with E-state index in [-0.39, 0.29) is 5.41 Å². The van der Waals surface area contributed by atoms with Gasteiger partial charge in [0.25, 0.3) is 0 Å². The van der Waals surface area contributed by atoms with Crippen LogP contribution in [0.2, 0.25) is 0 Å². The Labute approximate surface area is 166 Å². The third-order valence-electron chi connectivity index (χ3n) is 5.91. The van der Waals surface area contributed by atoms with Gasteiger partial charge in [0.05, 0.1) is 11.4 Å². The number of nitrogens with one attached hydrogen (secondary N) is 1. The van der Waals surface area contributed by atoms with E-state index in [1.54, 1.807) is 0 Å². The highest BCUT2D eigenvalue weighted by Crippen LogP contribution is 2.47. The molecule has 0 bridgehead atoms. The van der Waals surface area contributed by atoms with E-state index < -0.39 is 0 Å². The molecular weight excluding hydrogens is 350 g/mol.